The fourth-order valence-electron chi connectivity index (χ4n) is 1.35. The van der Waals surface area contributed by atoms with Gasteiger partial charge in [0.25, 0.3) is 0 Å². The molecule has 0 fully saturated rings. The lowest BCUT2D eigenvalue weighted by molar-refractivity contribution is -0.107. The van der Waals surface area contributed by atoms with Crippen LogP contribution in [0.1, 0.15) is 5.56 Å². The highest BCUT2D eigenvalue weighted by atomic mass is 31.0. The van der Waals surface area contributed by atoms with Crippen LogP contribution in [0.2, 0.25) is 0 Å². The molecule has 1 unspecified atom stereocenters. The molecule has 0 saturated heterocycles. The van der Waals surface area contributed by atoms with Gasteiger partial charge in [-0.2, -0.15) is 0 Å². The predicted molar refractivity (Wildman–Crippen MR) is 81.4 cm³/mol. The molecule has 0 aromatic heterocycles. The summed E-state index contributed by atoms with van der Waals surface area (Å²) in [5, 5.41) is 0. The van der Waals surface area contributed by atoms with Gasteiger partial charge in [0.2, 0.25) is 0 Å². The molecule has 1 atom stereocenters. The van der Waals surface area contributed by atoms with E-state index in [4.69, 9.17) is 28.7 Å². The summed E-state index contributed by atoms with van der Waals surface area (Å²) in [6.45, 7) is 0. The number of carbonyl (C=O) groups is 1. The van der Waals surface area contributed by atoms with Gasteiger partial charge in [0.1, 0.15) is 0 Å². The molecule has 0 saturated carbocycles. The van der Waals surface area contributed by atoms with Gasteiger partial charge in [0.15, 0.2) is 5.52 Å². The second-order valence-corrected chi connectivity index (χ2v) is 4.17. The number of nitrogens with two attached hydrogens (primary N) is 5. The number of benzene rings is 1. The van der Waals surface area contributed by atoms with Crippen LogP contribution in [0.4, 0.5) is 28.4 Å². The number of hydrogen-bond donors (Lipinski definition) is 5. The summed E-state index contributed by atoms with van der Waals surface area (Å²) in [6, 6.07) is 0. The zero-order valence-electron chi connectivity index (χ0n) is 9.68. The fraction of sp³-hybridized carbons (Fsp3) is 0. The maximum absolute atomic E-state index is 10.7. The molecule has 0 aliphatic carbocycles. The molecule has 6 nitrogen and oxygen atoms in total. The Kier molecular flexibility index (Phi) is 4.18. The van der Waals surface area contributed by atoms with Gasteiger partial charge in [-0.05, 0) is 6.08 Å². The first-order valence-corrected chi connectivity index (χ1v) is 5.59. The van der Waals surface area contributed by atoms with E-state index < -0.39 is 0 Å². The molecule has 0 aliphatic rings. The smallest absolute Gasteiger partial charge is 0.170 e. The molecular weight excluding hydrogens is 249 g/mol. The van der Waals surface area contributed by atoms with Crippen molar-refractivity contribution in [2.24, 2.45) is 0 Å². The van der Waals surface area contributed by atoms with E-state index in [2.05, 4.69) is 0 Å². The molecule has 1 rings (SSSR count). The van der Waals surface area contributed by atoms with E-state index in [1.807, 2.05) is 9.24 Å². The van der Waals surface area contributed by atoms with Crippen molar-refractivity contribution in [2.75, 3.05) is 28.7 Å². The molecule has 0 amide bonds. The van der Waals surface area contributed by atoms with Crippen LogP contribution in [0.15, 0.2) is 18.2 Å². The van der Waals surface area contributed by atoms with Gasteiger partial charge in [0, 0.05) is 5.56 Å². The summed E-state index contributed by atoms with van der Waals surface area (Å²) in [4.78, 5) is 10.7. The Labute approximate surface area is 107 Å². The van der Waals surface area contributed by atoms with Crippen molar-refractivity contribution in [2.45, 2.75) is 0 Å². The summed E-state index contributed by atoms with van der Waals surface area (Å²) in [6.07, 6.45) is 6.15. The Bertz CT molecular complexity index is 522. The summed E-state index contributed by atoms with van der Waals surface area (Å²) >= 11 is 0. The number of anilines is 5. The maximum atomic E-state index is 10.7. The summed E-state index contributed by atoms with van der Waals surface area (Å²) < 4.78 is 0. The Balaban J connectivity index is 3.22. The van der Waals surface area contributed by atoms with Crippen molar-refractivity contribution < 1.29 is 4.79 Å². The average molecular weight is 265 g/mol. The van der Waals surface area contributed by atoms with Crippen LogP contribution >= 0.6 is 9.24 Å². The van der Waals surface area contributed by atoms with Gasteiger partial charge >= 0.3 is 0 Å². The molecule has 1 aromatic carbocycles. The van der Waals surface area contributed by atoms with E-state index in [9.17, 15) is 4.79 Å². The van der Waals surface area contributed by atoms with E-state index >= 15 is 0 Å². The Morgan fingerprint density at radius 3 is 1.72 bits per heavy atom. The lowest BCUT2D eigenvalue weighted by Crippen LogP contribution is -2.09. The van der Waals surface area contributed by atoms with Gasteiger partial charge in [-0.25, -0.2) is 0 Å². The van der Waals surface area contributed by atoms with E-state index in [-0.39, 0.29) is 34.0 Å². The van der Waals surface area contributed by atoms with Crippen molar-refractivity contribution in [3.05, 3.63) is 23.8 Å². The third-order valence-corrected chi connectivity index (χ3v) is 2.57. The quantitative estimate of drug-likeness (QED) is 0.233. The highest BCUT2D eigenvalue weighted by molar-refractivity contribution is 7.40. The molecule has 1 aromatic rings. The average Bonchev–Trinajstić information content (AvgIpc) is 2.32. The lowest BCUT2D eigenvalue weighted by Gasteiger charge is -2.14. The van der Waals surface area contributed by atoms with Crippen molar-refractivity contribution in [1.29, 1.82) is 0 Å². The first-order chi connectivity index (χ1) is 8.36. The van der Waals surface area contributed by atoms with Crippen LogP contribution in [0.5, 0.6) is 0 Å². The number of rotatable bonds is 3. The monoisotopic (exact) mass is 265 g/mol. The molecule has 0 spiro atoms. The van der Waals surface area contributed by atoms with Crippen LogP contribution in [0.3, 0.4) is 0 Å². The van der Waals surface area contributed by atoms with Gasteiger partial charge in [-0.15, -0.1) is 0 Å². The van der Waals surface area contributed by atoms with Crippen LogP contribution in [-0.2, 0) is 4.79 Å². The van der Waals surface area contributed by atoms with Crippen LogP contribution in [0, 0.1) is 0 Å². The summed E-state index contributed by atoms with van der Waals surface area (Å²) in [7, 11) is 2.03. The van der Waals surface area contributed by atoms with Crippen LogP contribution < -0.4 is 28.7 Å². The molecule has 0 radical (unpaired) electrons. The number of hydrogen-bond acceptors (Lipinski definition) is 6. The molecule has 0 aliphatic heterocycles. The summed E-state index contributed by atoms with van der Waals surface area (Å²) in [5.74, 6) is 0. The first-order valence-electron chi connectivity index (χ1n) is 5.01. The van der Waals surface area contributed by atoms with Crippen LogP contribution in [0.25, 0.3) is 6.08 Å². The third-order valence-electron chi connectivity index (χ3n) is 2.38. The molecular formula is C11H16N5OP. The van der Waals surface area contributed by atoms with Crippen molar-refractivity contribution in [3.63, 3.8) is 0 Å². The Morgan fingerprint density at radius 1 is 0.833 bits per heavy atom. The second kappa shape index (κ2) is 5.42. The largest absolute Gasteiger partial charge is 0.396 e. The minimum absolute atomic E-state index is 0.142. The highest BCUT2D eigenvalue weighted by Crippen LogP contribution is 2.38. The fourth-order valence-corrected chi connectivity index (χ4v) is 1.46. The van der Waals surface area contributed by atoms with Crippen molar-refractivity contribution >= 4 is 49.3 Å². The maximum Gasteiger partial charge on any atom is 0.170 e. The lowest BCUT2D eigenvalue weighted by atomic mass is 10.0. The standard InChI is InChI=1S/C11H16N5OP/c12-7-5(3-1-2-4-6(17)18)8(13)10(15)11(16)9(7)14/h1-4H,12-16,18H2/b3-1+,4-2+. The minimum atomic E-state index is -0.142. The molecule has 0 bridgehead atoms. The van der Waals surface area contributed by atoms with Crippen LogP contribution in [-0.4, -0.2) is 5.52 Å². The molecule has 18 heavy (non-hydrogen) atoms. The van der Waals surface area contributed by atoms with Gasteiger partial charge in [0.05, 0.1) is 28.4 Å². The number of nitrogen functional groups attached to an aromatic ring is 5. The number of carbonyl (C=O) groups excluding carboxylic acids is 1. The van der Waals surface area contributed by atoms with Crippen molar-refractivity contribution in [3.8, 4) is 0 Å². The van der Waals surface area contributed by atoms with Crippen molar-refractivity contribution in [1.82, 2.24) is 0 Å². The van der Waals surface area contributed by atoms with Gasteiger partial charge < -0.3 is 28.7 Å². The Hall–Kier alpha value is -2.20. The van der Waals surface area contributed by atoms with E-state index in [0.29, 0.717) is 5.56 Å². The first kappa shape index (κ1) is 13.9. The van der Waals surface area contributed by atoms with Gasteiger partial charge in [-0.1, -0.05) is 27.5 Å². The van der Waals surface area contributed by atoms with E-state index in [0.717, 1.165) is 0 Å². The van der Waals surface area contributed by atoms with Gasteiger partial charge in [-0.3, -0.25) is 4.79 Å². The second-order valence-electron chi connectivity index (χ2n) is 3.60. The SMILES string of the molecule is Nc1c(N)c(N)c(/C=C/C=C/C(=O)P)c(N)c1N. The Morgan fingerprint density at radius 2 is 1.28 bits per heavy atom. The molecule has 0 heterocycles. The topological polar surface area (TPSA) is 147 Å². The number of allylic oxidation sites excluding steroid dienone is 3. The molecule has 7 heteroatoms. The third kappa shape index (κ3) is 2.73. The minimum Gasteiger partial charge on any atom is -0.396 e. The molecule has 10 N–H and O–H groups in total. The molecule has 96 valence electrons. The highest BCUT2D eigenvalue weighted by Gasteiger charge is 2.13. The van der Waals surface area contributed by atoms with E-state index in [1.165, 1.54) is 6.08 Å². The predicted octanol–water partition coefficient (Wildman–Crippen LogP) is 0.569. The summed E-state index contributed by atoms with van der Waals surface area (Å²) in [5.41, 5.74) is 30.1. The van der Waals surface area contributed by atoms with E-state index in [1.54, 1.807) is 18.2 Å². The zero-order valence-corrected chi connectivity index (χ0v) is 10.8. The normalized spacial score (nSPS) is 11.4. The zero-order chi connectivity index (χ0) is 13.9.